The van der Waals surface area contributed by atoms with E-state index in [9.17, 15) is 25.9 Å². The molecule has 0 aromatic carbocycles. The molecule has 7 nitrogen and oxygen atoms in total. The zero-order valence-corrected chi connectivity index (χ0v) is 6.05. The van der Waals surface area contributed by atoms with Crippen LogP contribution < -0.4 is 5.73 Å². The lowest BCUT2D eigenvalue weighted by Gasteiger charge is -2.18. The number of rotatable bonds is 2. The molecule has 0 heterocycles. The van der Waals surface area contributed by atoms with Crippen molar-refractivity contribution in [1.82, 2.24) is 0 Å². The maximum absolute atomic E-state index is 9.72. The van der Waals surface area contributed by atoms with Crippen molar-refractivity contribution in [1.29, 1.82) is 0 Å². The van der Waals surface area contributed by atoms with Crippen LogP contribution in [0.1, 0.15) is 0 Å². The molecule has 0 aliphatic rings. The lowest BCUT2D eigenvalue weighted by Crippen LogP contribution is -2.37. The molecule has 10 heavy (non-hydrogen) atoms. The number of hydrogen-bond donors (Lipinski definition) is 1. The summed E-state index contributed by atoms with van der Waals surface area (Å²) in [5, 5.41) is 0. The Labute approximate surface area is 57.3 Å². The fraction of sp³-hybridized carbons (Fsp3) is 1.00. The van der Waals surface area contributed by atoms with Gasteiger partial charge in [-0.25, -0.2) is 16.8 Å². The minimum Gasteiger partial charge on any atom is -0.746 e. The quantitative estimate of drug-likeness (QED) is 0.466. The van der Waals surface area contributed by atoms with Crippen molar-refractivity contribution in [2.45, 2.75) is 4.71 Å². The van der Waals surface area contributed by atoms with Gasteiger partial charge in [0.15, 0.2) is 4.71 Å². The van der Waals surface area contributed by atoms with Gasteiger partial charge in [-0.3, -0.25) is 0 Å². The van der Waals surface area contributed by atoms with Gasteiger partial charge in [-0.2, -0.15) is 0 Å². The molecule has 0 spiro atoms. The van der Waals surface area contributed by atoms with E-state index < -0.39 is 24.9 Å². The van der Waals surface area contributed by atoms with Crippen LogP contribution in [0.4, 0.5) is 0 Å². The van der Waals surface area contributed by atoms with Gasteiger partial charge in [0.25, 0.3) is 0 Å². The van der Waals surface area contributed by atoms with Crippen LogP contribution in [0.15, 0.2) is 0 Å². The third kappa shape index (κ3) is 2.58. The van der Waals surface area contributed by atoms with Gasteiger partial charge >= 0.3 is 0 Å². The van der Waals surface area contributed by atoms with Crippen molar-refractivity contribution in [2.75, 3.05) is 0 Å². The number of nitrogens with two attached hydrogens (primary N) is 1. The highest BCUT2D eigenvalue weighted by Gasteiger charge is 2.16. The third-order valence-corrected chi connectivity index (χ3v) is 3.12. The molecular formula is CH3NO6S2-2. The lowest BCUT2D eigenvalue weighted by molar-refractivity contribution is 0.436. The predicted octanol–water partition coefficient (Wildman–Crippen LogP) is -2.68. The summed E-state index contributed by atoms with van der Waals surface area (Å²) >= 11 is 0. The molecule has 0 amide bonds. The van der Waals surface area contributed by atoms with E-state index in [-0.39, 0.29) is 0 Å². The maximum Gasteiger partial charge on any atom is 0.187 e. The zero-order valence-electron chi connectivity index (χ0n) is 4.42. The monoisotopic (exact) mass is 189 g/mol. The van der Waals surface area contributed by atoms with Crippen molar-refractivity contribution < 1.29 is 25.9 Å². The van der Waals surface area contributed by atoms with Gasteiger partial charge in [-0.15, -0.1) is 0 Å². The van der Waals surface area contributed by atoms with Crippen LogP contribution in [0.5, 0.6) is 0 Å². The summed E-state index contributed by atoms with van der Waals surface area (Å²) in [6.07, 6.45) is 0. The van der Waals surface area contributed by atoms with Gasteiger partial charge in [0.05, 0.1) is 0 Å². The molecule has 9 heteroatoms. The predicted molar refractivity (Wildman–Crippen MR) is 27.4 cm³/mol. The van der Waals surface area contributed by atoms with Gasteiger partial charge < -0.3 is 14.8 Å². The van der Waals surface area contributed by atoms with Crippen molar-refractivity contribution in [2.24, 2.45) is 5.73 Å². The van der Waals surface area contributed by atoms with Crippen LogP contribution >= 0.6 is 0 Å². The smallest absolute Gasteiger partial charge is 0.187 e. The highest BCUT2D eigenvalue weighted by Crippen LogP contribution is 1.97. The summed E-state index contributed by atoms with van der Waals surface area (Å²) in [5.74, 6) is 0. The summed E-state index contributed by atoms with van der Waals surface area (Å²) < 4.78 is 55.4. The van der Waals surface area contributed by atoms with Crippen molar-refractivity contribution in [3.8, 4) is 0 Å². The SMILES string of the molecule is NC(S(=O)(=O)[O-])S(=O)(=O)[O-]. The van der Waals surface area contributed by atoms with E-state index in [1.54, 1.807) is 0 Å². The summed E-state index contributed by atoms with van der Waals surface area (Å²) in [4.78, 5) is 0. The van der Waals surface area contributed by atoms with Crippen LogP contribution in [0.3, 0.4) is 0 Å². The molecule has 0 rings (SSSR count). The Hall–Kier alpha value is -0.220. The Bertz CT molecular complexity index is 265. The molecule has 0 fully saturated rings. The molecular weight excluding hydrogens is 186 g/mol. The molecule has 0 aliphatic carbocycles. The minimum absolute atomic E-state index is 2.90. The molecule has 0 radical (unpaired) electrons. The second kappa shape index (κ2) is 2.43. The van der Waals surface area contributed by atoms with Crippen LogP contribution in [0.25, 0.3) is 0 Å². The van der Waals surface area contributed by atoms with Crippen LogP contribution in [0.2, 0.25) is 0 Å². The van der Waals surface area contributed by atoms with Crippen LogP contribution in [-0.2, 0) is 20.2 Å². The molecule has 2 N–H and O–H groups in total. The van der Waals surface area contributed by atoms with Crippen molar-refractivity contribution in [3.05, 3.63) is 0 Å². The molecule has 0 aromatic rings. The topological polar surface area (TPSA) is 140 Å². The second-order valence-corrected chi connectivity index (χ2v) is 4.64. The second-order valence-electron chi connectivity index (χ2n) is 1.35. The summed E-state index contributed by atoms with van der Waals surface area (Å²) in [6, 6.07) is 0. The van der Waals surface area contributed by atoms with Crippen LogP contribution in [-0.4, -0.2) is 30.6 Å². The number of hydrogen-bond acceptors (Lipinski definition) is 7. The normalized spacial score (nSPS) is 14.0. The molecule has 0 unspecified atom stereocenters. The van der Waals surface area contributed by atoms with E-state index >= 15 is 0 Å². The van der Waals surface area contributed by atoms with Crippen LogP contribution in [0, 0.1) is 0 Å². The van der Waals surface area contributed by atoms with E-state index in [1.807, 2.05) is 0 Å². The lowest BCUT2D eigenvalue weighted by atomic mass is 11.5. The fourth-order valence-corrected chi connectivity index (χ4v) is 1.30. The Morgan fingerprint density at radius 2 is 1.20 bits per heavy atom. The summed E-state index contributed by atoms with van der Waals surface area (Å²) in [5.41, 5.74) is 4.23. The fourth-order valence-electron chi connectivity index (χ4n) is 0.144. The first-order valence-electron chi connectivity index (χ1n) is 1.80. The molecule has 62 valence electrons. The molecule has 0 saturated carbocycles. The van der Waals surface area contributed by atoms with E-state index in [1.165, 1.54) is 0 Å². The van der Waals surface area contributed by atoms with Gasteiger partial charge in [-0.1, -0.05) is 0 Å². The van der Waals surface area contributed by atoms with Gasteiger partial charge in [0.1, 0.15) is 20.2 Å². The maximum atomic E-state index is 9.72. The Kier molecular flexibility index (Phi) is 2.38. The average molecular weight is 189 g/mol. The highest BCUT2D eigenvalue weighted by atomic mass is 32.3. The summed E-state index contributed by atoms with van der Waals surface area (Å²) in [6.45, 7) is 0. The van der Waals surface area contributed by atoms with E-state index in [0.717, 1.165) is 0 Å². The molecule has 0 bridgehead atoms. The molecule has 0 aliphatic heterocycles. The van der Waals surface area contributed by atoms with E-state index in [4.69, 9.17) is 0 Å². The Morgan fingerprint density at radius 3 is 1.20 bits per heavy atom. The molecule has 0 atom stereocenters. The van der Waals surface area contributed by atoms with Crippen molar-refractivity contribution >= 4 is 20.2 Å². The summed E-state index contributed by atoms with van der Waals surface area (Å²) in [7, 11) is -10.5. The Morgan fingerprint density at radius 1 is 1.00 bits per heavy atom. The first kappa shape index (κ1) is 9.78. The Balaban J connectivity index is 4.94. The highest BCUT2D eigenvalue weighted by molar-refractivity contribution is 8.03. The molecule has 0 aromatic heterocycles. The van der Waals surface area contributed by atoms with Gasteiger partial charge in [-0.05, 0) is 0 Å². The van der Waals surface area contributed by atoms with Gasteiger partial charge in [0.2, 0.25) is 0 Å². The largest absolute Gasteiger partial charge is 0.746 e. The zero-order chi connectivity index (χ0) is 8.58. The standard InChI is InChI=1S/CH5NO6S2/c2-1(9(3,4)5)10(6,7)8/h1H,2H2,(H,3,4,5)(H,6,7,8)/p-2. The third-order valence-electron chi connectivity index (χ3n) is 0.569. The van der Waals surface area contributed by atoms with Crippen molar-refractivity contribution in [3.63, 3.8) is 0 Å². The average Bonchev–Trinajstić information content (AvgIpc) is 1.59. The van der Waals surface area contributed by atoms with E-state index in [0.29, 0.717) is 0 Å². The van der Waals surface area contributed by atoms with Gasteiger partial charge in [0, 0.05) is 0 Å². The first-order valence-corrected chi connectivity index (χ1v) is 4.75. The van der Waals surface area contributed by atoms with E-state index in [2.05, 4.69) is 5.73 Å². The minimum atomic E-state index is -5.23. The molecule has 0 saturated heterocycles. The first-order chi connectivity index (χ1) is 4.15.